The first-order valence-electron chi connectivity index (χ1n) is 10.4. The minimum absolute atomic E-state index is 0.383. The van der Waals surface area contributed by atoms with Crippen molar-refractivity contribution in [3.05, 3.63) is 23.8 Å². The van der Waals surface area contributed by atoms with Crippen LogP contribution in [0.3, 0.4) is 0 Å². The van der Waals surface area contributed by atoms with E-state index in [1.807, 2.05) is 23.1 Å². The smallest absolute Gasteiger partial charge is 0.392 e. The first kappa shape index (κ1) is 21.6. The van der Waals surface area contributed by atoms with Crippen molar-refractivity contribution in [2.45, 2.75) is 18.9 Å². The highest BCUT2D eigenvalue weighted by molar-refractivity contribution is 6.26. The number of urea groups is 1. The van der Waals surface area contributed by atoms with Gasteiger partial charge in [-0.1, -0.05) is 11.1 Å². The summed E-state index contributed by atoms with van der Waals surface area (Å²) in [4.78, 5) is 45.8. The maximum atomic E-state index is 13.1. The van der Waals surface area contributed by atoms with Gasteiger partial charge >= 0.3 is 12.0 Å². The number of amides is 4. The average Bonchev–Trinajstić information content (AvgIpc) is 3.19. The number of amidine groups is 1. The van der Waals surface area contributed by atoms with Crippen LogP contribution >= 0.6 is 0 Å². The standard InChI is InChI=1S/C21H26N6O5/c1-24-18-17(19(29)27(21(24)30)12-16(22)28)26-9-4-8-25(20(26)23-18)10-7-13-5-6-14(31-2)15(11-13)32-3/h5-6,11,17H,4,7-10,12H2,1-3H3,(H-,22,28)/p+1. The van der Waals surface area contributed by atoms with Crippen molar-refractivity contribution in [3.63, 3.8) is 0 Å². The Labute approximate surface area is 185 Å². The molecule has 0 radical (unpaired) electrons. The Balaban J connectivity index is 1.59. The number of primary amides is 1. The monoisotopic (exact) mass is 443 g/mol. The molecule has 3 aliphatic rings. The highest BCUT2D eigenvalue weighted by atomic mass is 16.5. The van der Waals surface area contributed by atoms with Crippen LogP contribution in [0, 0.1) is 0 Å². The number of fused-ring (bicyclic) bond motifs is 3. The third kappa shape index (κ3) is 3.63. The van der Waals surface area contributed by atoms with Gasteiger partial charge in [-0.05, 0) is 17.7 Å². The summed E-state index contributed by atoms with van der Waals surface area (Å²) in [6, 6.07) is 4.49. The third-order valence-electron chi connectivity index (χ3n) is 5.93. The van der Waals surface area contributed by atoms with Gasteiger partial charge in [0.05, 0.1) is 33.9 Å². The van der Waals surface area contributed by atoms with E-state index >= 15 is 0 Å². The zero-order valence-corrected chi connectivity index (χ0v) is 18.4. The molecular weight excluding hydrogens is 416 g/mol. The van der Waals surface area contributed by atoms with E-state index in [0.29, 0.717) is 36.4 Å². The van der Waals surface area contributed by atoms with Crippen LogP contribution in [0.15, 0.2) is 23.2 Å². The summed E-state index contributed by atoms with van der Waals surface area (Å²) in [7, 11) is 4.76. The van der Waals surface area contributed by atoms with E-state index in [9.17, 15) is 14.4 Å². The molecule has 1 unspecified atom stereocenters. The summed E-state index contributed by atoms with van der Waals surface area (Å²) in [6.45, 7) is 1.66. The van der Waals surface area contributed by atoms with Gasteiger partial charge in [-0.25, -0.2) is 9.69 Å². The topological polar surface area (TPSA) is 121 Å². The van der Waals surface area contributed by atoms with Crippen LogP contribution in [-0.4, -0.2) is 102 Å². The number of rotatable bonds is 7. The van der Waals surface area contributed by atoms with Crippen molar-refractivity contribution in [2.24, 2.45) is 10.7 Å². The molecule has 1 aromatic carbocycles. The number of hydrogen-bond donors (Lipinski definition) is 1. The molecule has 4 amide bonds. The lowest BCUT2D eigenvalue weighted by molar-refractivity contribution is -0.538. The number of nitrogens with zero attached hydrogens (tertiary/aromatic N) is 5. The lowest BCUT2D eigenvalue weighted by Crippen LogP contribution is -2.65. The zero-order chi connectivity index (χ0) is 23.0. The van der Waals surface area contributed by atoms with Crippen LogP contribution in [0.1, 0.15) is 12.0 Å². The first-order valence-corrected chi connectivity index (χ1v) is 10.4. The fourth-order valence-electron chi connectivity index (χ4n) is 4.33. The maximum absolute atomic E-state index is 13.1. The summed E-state index contributed by atoms with van der Waals surface area (Å²) in [5, 5.41) is 0. The molecule has 0 aromatic heterocycles. The fourth-order valence-corrected chi connectivity index (χ4v) is 4.33. The van der Waals surface area contributed by atoms with Crippen molar-refractivity contribution < 1.29 is 28.4 Å². The molecule has 11 heteroatoms. The average molecular weight is 443 g/mol. The third-order valence-corrected chi connectivity index (χ3v) is 5.93. The van der Waals surface area contributed by atoms with E-state index < -0.39 is 30.4 Å². The van der Waals surface area contributed by atoms with Gasteiger partial charge in [0.25, 0.3) is 5.91 Å². The van der Waals surface area contributed by atoms with Crippen LogP contribution < -0.4 is 15.2 Å². The summed E-state index contributed by atoms with van der Waals surface area (Å²) in [5.41, 5.74) is 6.32. The van der Waals surface area contributed by atoms with Gasteiger partial charge in [0.15, 0.2) is 11.5 Å². The van der Waals surface area contributed by atoms with Crippen molar-refractivity contribution in [1.29, 1.82) is 0 Å². The quantitative estimate of drug-likeness (QED) is 0.566. The van der Waals surface area contributed by atoms with E-state index in [4.69, 9.17) is 15.2 Å². The summed E-state index contributed by atoms with van der Waals surface area (Å²) in [6.07, 6.45) is 1.58. The predicted molar refractivity (Wildman–Crippen MR) is 115 cm³/mol. The molecule has 0 spiro atoms. The van der Waals surface area contributed by atoms with E-state index in [2.05, 4.69) is 9.57 Å². The fraction of sp³-hybridized carbons (Fsp3) is 0.476. The molecule has 3 aliphatic heterocycles. The van der Waals surface area contributed by atoms with Gasteiger partial charge < -0.3 is 15.2 Å². The summed E-state index contributed by atoms with van der Waals surface area (Å²) in [5.74, 6) is 1.19. The number of likely N-dealkylation sites (N-methyl/N-ethyl adjacent to an activating group) is 1. The van der Waals surface area contributed by atoms with Crippen LogP contribution in [0.5, 0.6) is 11.5 Å². The number of ether oxygens (including phenoxy) is 2. The van der Waals surface area contributed by atoms with Gasteiger partial charge in [0.1, 0.15) is 6.54 Å². The molecule has 2 N–H and O–H groups in total. The number of benzene rings is 1. The summed E-state index contributed by atoms with van der Waals surface area (Å²) >= 11 is 0. The molecule has 4 rings (SSSR count). The molecule has 0 bridgehead atoms. The molecule has 170 valence electrons. The van der Waals surface area contributed by atoms with Gasteiger partial charge in [-0.2, -0.15) is 0 Å². The number of carbonyl (C=O) groups is 3. The predicted octanol–water partition coefficient (Wildman–Crippen LogP) is -0.519. The second-order valence-electron chi connectivity index (χ2n) is 7.88. The Kier molecular flexibility index (Phi) is 5.72. The zero-order valence-electron chi connectivity index (χ0n) is 18.4. The van der Waals surface area contributed by atoms with Gasteiger partial charge in [0.2, 0.25) is 17.8 Å². The number of methoxy groups -OCH3 is 2. The normalized spacial score (nSPS) is 20.3. The summed E-state index contributed by atoms with van der Waals surface area (Å²) < 4.78 is 12.8. The minimum atomic E-state index is -0.738. The SMILES string of the molecule is COc1ccc(CC[N+]2=C3N=C4C(C(=O)N(CC(N)=O)C(=O)N4C)N3CCC2)cc1OC. The van der Waals surface area contributed by atoms with E-state index in [1.54, 1.807) is 21.3 Å². The van der Waals surface area contributed by atoms with Gasteiger partial charge in [0, 0.05) is 19.9 Å². The van der Waals surface area contributed by atoms with Gasteiger partial charge in [-0.15, -0.1) is 0 Å². The molecule has 0 aliphatic carbocycles. The van der Waals surface area contributed by atoms with Crippen LogP contribution in [0.2, 0.25) is 0 Å². The van der Waals surface area contributed by atoms with E-state index in [1.165, 1.54) is 4.90 Å². The molecule has 0 saturated carbocycles. The Morgan fingerprint density at radius 1 is 1.25 bits per heavy atom. The Morgan fingerprint density at radius 3 is 2.69 bits per heavy atom. The van der Waals surface area contributed by atoms with Crippen molar-refractivity contribution in [3.8, 4) is 11.5 Å². The van der Waals surface area contributed by atoms with Gasteiger partial charge in [-0.3, -0.25) is 24.0 Å². The number of guanidine groups is 1. The number of hydrogen-bond acceptors (Lipinski definition) is 7. The molecule has 11 nitrogen and oxygen atoms in total. The lowest BCUT2D eigenvalue weighted by atomic mass is 10.1. The Morgan fingerprint density at radius 2 is 2.00 bits per heavy atom. The molecule has 3 heterocycles. The minimum Gasteiger partial charge on any atom is -0.493 e. The number of nitrogens with two attached hydrogens (primary N) is 1. The Bertz CT molecular complexity index is 1040. The van der Waals surface area contributed by atoms with Crippen LogP contribution in [0.25, 0.3) is 0 Å². The molecular formula is C21H27N6O5+. The number of imide groups is 1. The highest BCUT2D eigenvalue weighted by Crippen LogP contribution is 2.28. The second kappa shape index (κ2) is 8.48. The van der Waals surface area contributed by atoms with Crippen molar-refractivity contribution in [2.75, 3.05) is 47.4 Å². The molecule has 1 saturated heterocycles. The highest BCUT2D eigenvalue weighted by Gasteiger charge is 2.56. The number of carbonyl (C=O) groups excluding carboxylic acids is 3. The Hall–Kier alpha value is -3.63. The molecule has 1 fully saturated rings. The molecule has 1 aromatic rings. The molecule has 32 heavy (non-hydrogen) atoms. The second-order valence-corrected chi connectivity index (χ2v) is 7.88. The van der Waals surface area contributed by atoms with E-state index in [0.717, 1.165) is 29.8 Å². The lowest BCUT2D eigenvalue weighted by Gasteiger charge is -2.35. The van der Waals surface area contributed by atoms with Crippen molar-refractivity contribution >= 4 is 29.6 Å². The van der Waals surface area contributed by atoms with Crippen LogP contribution in [0.4, 0.5) is 4.79 Å². The van der Waals surface area contributed by atoms with Crippen molar-refractivity contribution in [1.82, 2.24) is 14.7 Å². The molecule has 1 atom stereocenters. The largest absolute Gasteiger partial charge is 0.493 e. The van der Waals surface area contributed by atoms with Crippen LogP contribution in [-0.2, 0) is 16.0 Å². The first-order chi connectivity index (χ1) is 15.3. The number of aliphatic imine (C=N–C) groups is 1. The van der Waals surface area contributed by atoms with E-state index in [-0.39, 0.29) is 0 Å². The maximum Gasteiger partial charge on any atom is 0.392 e.